The Balaban J connectivity index is 4.34. The molecule has 0 aliphatic rings. The second-order valence-electron chi connectivity index (χ2n) is 5.61. The lowest BCUT2D eigenvalue weighted by Crippen LogP contribution is -2.36. The van der Waals surface area contributed by atoms with Crippen LogP contribution in [0.2, 0.25) is 0 Å². The predicted molar refractivity (Wildman–Crippen MR) is 75.1 cm³/mol. The Morgan fingerprint density at radius 1 is 1.18 bits per heavy atom. The topological polar surface area (TPSA) is 46.2 Å². The summed E-state index contributed by atoms with van der Waals surface area (Å²) >= 11 is 0. The maximum absolute atomic E-state index is 11.3. The second kappa shape index (κ2) is 7.37. The fourth-order valence-corrected chi connectivity index (χ4v) is 2.77. The molecule has 0 unspecified atom stereocenters. The van der Waals surface area contributed by atoms with E-state index >= 15 is 0 Å². The predicted octanol–water partition coefficient (Wildman–Crippen LogP) is 2.47. The third kappa shape index (κ3) is 7.77. The van der Waals surface area contributed by atoms with E-state index in [4.69, 9.17) is 0 Å². The molecule has 0 aliphatic heterocycles. The van der Waals surface area contributed by atoms with Crippen LogP contribution in [0.1, 0.15) is 47.0 Å². The van der Waals surface area contributed by atoms with Crippen molar-refractivity contribution in [3.8, 4) is 0 Å². The Labute approximate surface area is 107 Å². The van der Waals surface area contributed by atoms with Gasteiger partial charge in [-0.2, -0.15) is 0 Å². The number of nitrogens with one attached hydrogen (secondary N) is 1. The molecule has 0 atom stereocenters. The van der Waals surface area contributed by atoms with E-state index in [9.17, 15) is 8.42 Å². The van der Waals surface area contributed by atoms with Crippen molar-refractivity contribution >= 4 is 9.84 Å². The first-order valence-corrected chi connectivity index (χ1v) is 8.69. The standard InChI is InChI=1S/C13H29NO2S/c1-6-13(7-2,8-9-17(5,15)16)11-14-10-12(3)4/h12,14H,6-11H2,1-5H3. The monoisotopic (exact) mass is 263 g/mol. The molecule has 3 nitrogen and oxygen atoms in total. The molecule has 0 bridgehead atoms. The van der Waals surface area contributed by atoms with Crippen molar-refractivity contribution in [1.82, 2.24) is 5.32 Å². The van der Waals surface area contributed by atoms with E-state index in [1.165, 1.54) is 6.26 Å². The van der Waals surface area contributed by atoms with Gasteiger partial charge in [0.1, 0.15) is 9.84 Å². The van der Waals surface area contributed by atoms with Gasteiger partial charge in [0.2, 0.25) is 0 Å². The van der Waals surface area contributed by atoms with E-state index in [1.54, 1.807) is 0 Å². The maximum atomic E-state index is 11.3. The SMILES string of the molecule is CCC(CC)(CCS(C)(=O)=O)CNCC(C)C. The first kappa shape index (κ1) is 16.9. The number of rotatable bonds is 9. The van der Waals surface area contributed by atoms with Crippen LogP contribution >= 0.6 is 0 Å². The van der Waals surface area contributed by atoms with Crippen LogP contribution in [-0.4, -0.2) is 33.5 Å². The molecule has 0 rings (SSSR count). The van der Waals surface area contributed by atoms with Gasteiger partial charge in [0.15, 0.2) is 0 Å². The Kier molecular flexibility index (Phi) is 7.33. The zero-order valence-electron chi connectivity index (χ0n) is 12.0. The summed E-state index contributed by atoms with van der Waals surface area (Å²) in [6.07, 6.45) is 4.16. The molecule has 0 saturated carbocycles. The van der Waals surface area contributed by atoms with Crippen molar-refractivity contribution in [1.29, 1.82) is 0 Å². The lowest BCUT2D eigenvalue weighted by atomic mass is 9.79. The molecule has 0 fully saturated rings. The van der Waals surface area contributed by atoms with Crippen LogP contribution in [0.4, 0.5) is 0 Å². The fourth-order valence-electron chi connectivity index (χ4n) is 1.97. The molecular formula is C13H29NO2S. The van der Waals surface area contributed by atoms with E-state index in [2.05, 4.69) is 33.0 Å². The van der Waals surface area contributed by atoms with E-state index in [0.717, 1.165) is 32.4 Å². The smallest absolute Gasteiger partial charge is 0.147 e. The number of hydrogen-bond donors (Lipinski definition) is 1. The highest BCUT2D eigenvalue weighted by Crippen LogP contribution is 2.30. The van der Waals surface area contributed by atoms with E-state index < -0.39 is 9.84 Å². The zero-order chi connectivity index (χ0) is 13.5. The molecule has 1 N–H and O–H groups in total. The molecular weight excluding hydrogens is 234 g/mol. The lowest BCUT2D eigenvalue weighted by Gasteiger charge is -2.32. The first-order chi connectivity index (χ1) is 7.74. The summed E-state index contributed by atoms with van der Waals surface area (Å²) in [4.78, 5) is 0. The third-order valence-electron chi connectivity index (χ3n) is 3.56. The molecule has 0 aromatic carbocycles. The van der Waals surface area contributed by atoms with Crippen LogP contribution in [-0.2, 0) is 9.84 Å². The second-order valence-corrected chi connectivity index (χ2v) is 7.87. The van der Waals surface area contributed by atoms with Gasteiger partial charge in [-0.25, -0.2) is 8.42 Å². The van der Waals surface area contributed by atoms with Crippen LogP contribution in [0.3, 0.4) is 0 Å². The van der Waals surface area contributed by atoms with E-state index in [-0.39, 0.29) is 5.41 Å². The van der Waals surface area contributed by atoms with Gasteiger partial charge in [0, 0.05) is 12.8 Å². The van der Waals surface area contributed by atoms with Crippen molar-refractivity contribution in [2.75, 3.05) is 25.1 Å². The highest BCUT2D eigenvalue weighted by molar-refractivity contribution is 7.90. The van der Waals surface area contributed by atoms with Gasteiger partial charge in [0.25, 0.3) is 0 Å². The highest BCUT2D eigenvalue weighted by Gasteiger charge is 2.26. The van der Waals surface area contributed by atoms with Crippen LogP contribution < -0.4 is 5.32 Å². The minimum atomic E-state index is -2.85. The summed E-state index contributed by atoms with van der Waals surface area (Å²) in [7, 11) is -2.85. The van der Waals surface area contributed by atoms with Gasteiger partial charge in [0.05, 0.1) is 5.75 Å². The van der Waals surface area contributed by atoms with Crippen molar-refractivity contribution in [3.05, 3.63) is 0 Å². The fraction of sp³-hybridized carbons (Fsp3) is 1.00. The third-order valence-corrected chi connectivity index (χ3v) is 4.50. The van der Waals surface area contributed by atoms with Crippen molar-refractivity contribution in [2.45, 2.75) is 47.0 Å². The summed E-state index contributed by atoms with van der Waals surface area (Å²) in [5, 5.41) is 3.47. The van der Waals surface area contributed by atoms with E-state index in [1.807, 2.05) is 0 Å². The molecule has 17 heavy (non-hydrogen) atoms. The van der Waals surface area contributed by atoms with Gasteiger partial charge in [-0.3, -0.25) is 0 Å². The van der Waals surface area contributed by atoms with Gasteiger partial charge in [-0.15, -0.1) is 0 Å². The van der Waals surface area contributed by atoms with Gasteiger partial charge < -0.3 is 5.32 Å². The Morgan fingerprint density at radius 2 is 1.71 bits per heavy atom. The Hall–Kier alpha value is -0.0900. The molecule has 0 saturated heterocycles. The highest BCUT2D eigenvalue weighted by atomic mass is 32.2. The lowest BCUT2D eigenvalue weighted by molar-refractivity contribution is 0.236. The molecule has 0 aromatic rings. The zero-order valence-corrected chi connectivity index (χ0v) is 12.9. The van der Waals surface area contributed by atoms with Gasteiger partial charge in [-0.1, -0.05) is 27.7 Å². The summed E-state index contributed by atoms with van der Waals surface area (Å²) < 4.78 is 22.5. The molecule has 0 aromatic heterocycles. The first-order valence-electron chi connectivity index (χ1n) is 6.63. The average molecular weight is 263 g/mol. The van der Waals surface area contributed by atoms with Crippen LogP contribution in [0.5, 0.6) is 0 Å². The Bertz CT molecular complexity index is 293. The van der Waals surface area contributed by atoms with Crippen molar-refractivity contribution in [2.24, 2.45) is 11.3 Å². The largest absolute Gasteiger partial charge is 0.316 e. The van der Waals surface area contributed by atoms with E-state index in [0.29, 0.717) is 11.7 Å². The maximum Gasteiger partial charge on any atom is 0.147 e. The van der Waals surface area contributed by atoms with Crippen LogP contribution in [0.25, 0.3) is 0 Å². The molecule has 0 aliphatic carbocycles. The summed E-state index contributed by atoms with van der Waals surface area (Å²) in [6, 6.07) is 0. The molecule has 0 heterocycles. The molecule has 104 valence electrons. The molecule has 0 radical (unpaired) electrons. The molecule has 0 spiro atoms. The van der Waals surface area contributed by atoms with Gasteiger partial charge >= 0.3 is 0 Å². The number of hydrogen-bond acceptors (Lipinski definition) is 3. The van der Waals surface area contributed by atoms with Crippen molar-refractivity contribution in [3.63, 3.8) is 0 Å². The summed E-state index contributed by atoms with van der Waals surface area (Å²) in [6.45, 7) is 10.6. The normalized spacial score (nSPS) is 13.3. The van der Waals surface area contributed by atoms with Crippen LogP contribution in [0.15, 0.2) is 0 Å². The van der Waals surface area contributed by atoms with Gasteiger partial charge in [-0.05, 0) is 37.1 Å². The van der Waals surface area contributed by atoms with Crippen molar-refractivity contribution < 1.29 is 8.42 Å². The number of sulfone groups is 1. The minimum absolute atomic E-state index is 0.137. The summed E-state index contributed by atoms with van der Waals surface area (Å²) in [5.41, 5.74) is 0.137. The average Bonchev–Trinajstić information content (AvgIpc) is 2.22. The summed E-state index contributed by atoms with van der Waals surface area (Å²) in [5.74, 6) is 0.939. The molecule has 0 amide bonds. The molecule has 4 heteroatoms. The minimum Gasteiger partial charge on any atom is -0.316 e. The quantitative estimate of drug-likeness (QED) is 0.695. The van der Waals surface area contributed by atoms with Crippen LogP contribution in [0, 0.1) is 11.3 Å². The Morgan fingerprint density at radius 3 is 2.06 bits per heavy atom.